The van der Waals surface area contributed by atoms with Crippen molar-refractivity contribution in [2.75, 3.05) is 12.4 Å². The van der Waals surface area contributed by atoms with Crippen LogP contribution in [0.15, 0.2) is 22.6 Å². The zero-order chi connectivity index (χ0) is 19.9. The van der Waals surface area contributed by atoms with Crippen LogP contribution in [0, 0.1) is 18.2 Å². The fraction of sp³-hybridized carbons (Fsp3) is 0.350. The second-order valence-electron chi connectivity index (χ2n) is 7.44. The number of furan rings is 1. The molecule has 1 aromatic heterocycles. The average Bonchev–Trinajstić information content (AvgIpc) is 2.91. The van der Waals surface area contributed by atoms with Crippen LogP contribution >= 0.6 is 0 Å². The molecule has 0 atom stereocenters. The Kier molecular flexibility index (Phi) is 4.63. The number of benzene rings is 1. The summed E-state index contributed by atoms with van der Waals surface area (Å²) in [4.78, 5) is 36.6. The highest BCUT2D eigenvalue weighted by Gasteiger charge is 2.37. The van der Waals surface area contributed by atoms with Crippen molar-refractivity contribution < 1.29 is 27.9 Å². The van der Waals surface area contributed by atoms with Crippen molar-refractivity contribution in [3.05, 3.63) is 52.2 Å². The normalized spacial score (nSPS) is 15.2. The summed E-state index contributed by atoms with van der Waals surface area (Å²) in [7, 11) is 1.14. The minimum atomic E-state index is -0.846. The van der Waals surface area contributed by atoms with Gasteiger partial charge in [0, 0.05) is 24.1 Å². The van der Waals surface area contributed by atoms with Crippen molar-refractivity contribution in [2.45, 2.75) is 33.6 Å². The zero-order valence-corrected chi connectivity index (χ0v) is 15.6. The van der Waals surface area contributed by atoms with Crippen LogP contribution in [-0.4, -0.2) is 24.8 Å². The van der Waals surface area contributed by atoms with E-state index in [2.05, 4.69) is 10.1 Å². The highest BCUT2D eigenvalue weighted by atomic mass is 19.1. The molecule has 1 heterocycles. The molecule has 0 aliphatic heterocycles. The number of Topliss-reactive ketones (excluding diaryl/α,β-unsaturated/α-hetero) is 1. The second-order valence-corrected chi connectivity index (χ2v) is 7.44. The van der Waals surface area contributed by atoms with Gasteiger partial charge in [-0.2, -0.15) is 0 Å². The van der Waals surface area contributed by atoms with Crippen LogP contribution in [0.1, 0.15) is 62.9 Å². The van der Waals surface area contributed by atoms with Crippen LogP contribution in [-0.2, 0) is 11.2 Å². The number of hydrogen-bond acceptors (Lipinski definition) is 5. The van der Waals surface area contributed by atoms with Gasteiger partial charge in [0.2, 0.25) is 0 Å². The predicted molar refractivity (Wildman–Crippen MR) is 95.6 cm³/mol. The first-order chi connectivity index (χ1) is 12.6. The van der Waals surface area contributed by atoms with Gasteiger partial charge in [-0.25, -0.2) is 9.18 Å². The predicted octanol–water partition coefficient (Wildman–Crippen LogP) is 3.92. The lowest BCUT2D eigenvalue weighted by Gasteiger charge is -2.27. The third-order valence-electron chi connectivity index (χ3n) is 4.61. The molecular formula is C20H20FNO5. The van der Waals surface area contributed by atoms with E-state index in [-0.39, 0.29) is 28.2 Å². The monoisotopic (exact) mass is 373 g/mol. The van der Waals surface area contributed by atoms with E-state index in [1.165, 1.54) is 12.1 Å². The number of fused-ring (bicyclic) bond motifs is 1. The number of anilines is 1. The van der Waals surface area contributed by atoms with E-state index in [4.69, 9.17) is 4.42 Å². The molecule has 0 radical (unpaired) electrons. The maximum Gasteiger partial charge on any atom is 0.340 e. The topological polar surface area (TPSA) is 85.6 Å². The lowest BCUT2D eigenvalue weighted by molar-refractivity contribution is 0.0595. The van der Waals surface area contributed by atoms with Crippen LogP contribution in [0.2, 0.25) is 0 Å². The largest absolute Gasteiger partial charge is 0.465 e. The number of carbonyl (C=O) groups is 3. The molecule has 0 fully saturated rings. The minimum Gasteiger partial charge on any atom is -0.465 e. The van der Waals surface area contributed by atoms with E-state index in [1.807, 2.05) is 13.8 Å². The number of ether oxygens (including phenoxy) is 1. The summed E-state index contributed by atoms with van der Waals surface area (Å²) < 4.78 is 24.0. The van der Waals surface area contributed by atoms with Gasteiger partial charge in [-0.3, -0.25) is 9.59 Å². The Morgan fingerprint density at radius 1 is 1.26 bits per heavy atom. The van der Waals surface area contributed by atoms with Gasteiger partial charge in [-0.15, -0.1) is 0 Å². The van der Waals surface area contributed by atoms with Gasteiger partial charge in [0.15, 0.2) is 11.5 Å². The van der Waals surface area contributed by atoms with Gasteiger partial charge < -0.3 is 14.5 Å². The highest BCUT2D eigenvalue weighted by molar-refractivity contribution is 6.08. The molecule has 0 unspecified atom stereocenters. The summed E-state index contributed by atoms with van der Waals surface area (Å²) in [5.74, 6) is -1.67. The third-order valence-corrected chi connectivity index (χ3v) is 4.61. The van der Waals surface area contributed by atoms with Crippen molar-refractivity contribution in [3.8, 4) is 0 Å². The number of hydrogen-bond donors (Lipinski definition) is 1. The van der Waals surface area contributed by atoms with Crippen molar-refractivity contribution in [1.82, 2.24) is 0 Å². The Bertz CT molecular complexity index is 958. The Morgan fingerprint density at radius 2 is 1.96 bits per heavy atom. The maximum absolute atomic E-state index is 13.7. The average molecular weight is 373 g/mol. The molecule has 6 nitrogen and oxygen atoms in total. The van der Waals surface area contributed by atoms with E-state index >= 15 is 0 Å². The standard InChI is InChI=1S/C20H20FNO5/c1-10-16-14(23)8-20(2,3)9-15(16)27-17(10)18(24)22-11-5-6-13(21)12(7-11)19(25)26-4/h5-7H,8-9H2,1-4H3,(H,22,24). The summed E-state index contributed by atoms with van der Waals surface area (Å²) in [6.45, 7) is 5.61. The maximum atomic E-state index is 13.7. The van der Waals surface area contributed by atoms with E-state index in [9.17, 15) is 18.8 Å². The Morgan fingerprint density at radius 3 is 2.63 bits per heavy atom. The molecule has 27 heavy (non-hydrogen) atoms. The number of amides is 1. The number of carbonyl (C=O) groups excluding carboxylic acids is 3. The number of methoxy groups -OCH3 is 1. The molecule has 2 aromatic rings. The summed E-state index contributed by atoms with van der Waals surface area (Å²) in [5.41, 5.74) is 0.645. The van der Waals surface area contributed by atoms with Crippen LogP contribution in [0.3, 0.4) is 0 Å². The molecule has 0 saturated carbocycles. The molecular weight excluding hydrogens is 353 g/mol. The van der Waals surface area contributed by atoms with Gasteiger partial charge in [-0.1, -0.05) is 13.8 Å². The molecule has 0 bridgehead atoms. The van der Waals surface area contributed by atoms with E-state index in [0.717, 1.165) is 13.2 Å². The smallest absolute Gasteiger partial charge is 0.340 e. The first-order valence-corrected chi connectivity index (χ1v) is 8.47. The molecule has 1 aromatic carbocycles. The highest BCUT2D eigenvalue weighted by Crippen LogP contribution is 2.38. The molecule has 1 aliphatic carbocycles. The zero-order valence-electron chi connectivity index (χ0n) is 15.6. The van der Waals surface area contributed by atoms with E-state index in [0.29, 0.717) is 29.7 Å². The van der Waals surface area contributed by atoms with Crippen molar-refractivity contribution >= 4 is 23.3 Å². The third kappa shape index (κ3) is 3.49. The molecule has 1 N–H and O–H groups in total. The number of rotatable bonds is 3. The molecule has 1 amide bonds. The number of nitrogens with one attached hydrogen (secondary N) is 1. The van der Waals surface area contributed by atoms with Crippen LogP contribution in [0.4, 0.5) is 10.1 Å². The second kappa shape index (κ2) is 6.64. The molecule has 1 aliphatic rings. The molecule has 142 valence electrons. The van der Waals surface area contributed by atoms with Gasteiger partial charge in [0.05, 0.1) is 18.2 Å². The van der Waals surface area contributed by atoms with Crippen LogP contribution in [0.25, 0.3) is 0 Å². The van der Waals surface area contributed by atoms with E-state index in [1.54, 1.807) is 6.92 Å². The Balaban J connectivity index is 1.90. The first kappa shape index (κ1) is 18.8. The fourth-order valence-electron chi connectivity index (χ4n) is 3.36. The van der Waals surface area contributed by atoms with E-state index < -0.39 is 17.7 Å². The lowest BCUT2D eigenvalue weighted by atomic mass is 9.76. The fourth-order valence-corrected chi connectivity index (χ4v) is 3.36. The van der Waals surface area contributed by atoms with Gasteiger partial charge in [-0.05, 0) is 30.5 Å². The molecule has 7 heteroatoms. The lowest BCUT2D eigenvalue weighted by Crippen LogP contribution is -2.26. The molecule has 0 saturated heterocycles. The van der Waals surface area contributed by atoms with Crippen molar-refractivity contribution in [1.29, 1.82) is 0 Å². The minimum absolute atomic E-state index is 0.0370. The molecule has 3 rings (SSSR count). The summed E-state index contributed by atoms with van der Waals surface area (Å²) in [5, 5.41) is 2.57. The Labute approximate surface area is 155 Å². The SMILES string of the molecule is COC(=O)c1cc(NC(=O)c2oc3c(c2C)C(=O)CC(C)(C)C3)ccc1F. The van der Waals surface area contributed by atoms with Crippen molar-refractivity contribution in [2.24, 2.45) is 5.41 Å². The first-order valence-electron chi connectivity index (χ1n) is 8.47. The van der Waals surface area contributed by atoms with Gasteiger partial charge >= 0.3 is 5.97 Å². The summed E-state index contributed by atoms with van der Waals surface area (Å²) >= 11 is 0. The number of halogens is 1. The molecule has 0 spiro atoms. The summed E-state index contributed by atoms with van der Waals surface area (Å²) in [6, 6.07) is 3.57. The number of ketones is 1. The number of esters is 1. The van der Waals surface area contributed by atoms with Crippen LogP contribution in [0.5, 0.6) is 0 Å². The van der Waals surface area contributed by atoms with Gasteiger partial charge in [0.1, 0.15) is 11.6 Å². The van der Waals surface area contributed by atoms with Gasteiger partial charge in [0.25, 0.3) is 5.91 Å². The van der Waals surface area contributed by atoms with Crippen LogP contribution < -0.4 is 5.32 Å². The summed E-state index contributed by atoms with van der Waals surface area (Å²) in [6.07, 6.45) is 0.952. The Hall–Kier alpha value is -2.96. The van der Waals surface area contributed by atoms with Crippen molar-refractivity contribution in [3.63, 3.8) is 0 Å². The quantitative estimate of drug-likeness (QED) is 0.824.